The van der Waals surface area contributed by atoms with Crippen molar-refractivity contribution in [2.24, 2.45) is 5.41 Å². The summed E-state index contributed by atoms with van der Waals surface area (Å²) in [5.74, 6) is 0.747. The van der Waals surface area contributed by atoms with Crippen molar-refractivity contribution in [2.75, 3.05) is 52.4 Å². The maximum absolute atomic E-state index is 12.5. The Labute approximate surface area is 131 Å². The van der Waals surface area contributed by atoms with E-state index in [4.69, 9.17) is 14.2 Å². The fraction of sp³-hybridized carbons (Fsp3) is 0.562. The number of carbonyl (C=O) groups excluding carboxylic acids is 1. The third-order valence-electron chi connectivity index (χ3n) is 3.81. The highest BCUT2D eigenvalue weighted by atomic mass is 16.5. The summed E-state index contributed by atoms with van der Waals surface area (Å²) >= 11 is 0. The predicted molar refractivity (Wildman–Crippen MR) is 84.2 cm³/mol. The number of hydrogen-bond acceptors (Lipinski definition) is 5. The number of hydrogen-bond donors (Lipinski definition) is 2. The van der Waals surface area contributed by atoms with Gasteiger partial charge in [-0.05, 0) is 37.2 Å². The summed E-state index contributed by atoms with van der Waals surface area (Å²) < 4.78 is 15.7. The number of amides is 1. The van der Waals surface area contributed by atoms with Crippen LogP contribution >= 0.6 is 0 Å². The van der Waals surface area contributed by atoms with Crippen molar-refractivity contribution >= 4 is 11.6 Å². The van der Waals surface area contributed by atoms with Crippen molar-refractivity contribution in [1.29, 1.82) is 0 Å². The number of anilines is 1. The second-order valence-electron chi connectivity index (χ2n) is 5.46. The fourth-order valence-corrected chi connectivity index (χ4v) is 2.54. The van der Waals surface area contributed by atoms with Gasteiger partial charge in [0, 0.05) is 26.5 Å². The predicted octanol–water partition coefficient (Wildman–Crippen LogP) is 1.28. The van der Waals surface area contributed by atoms with E-state index in [-0.39, 0.29) is 5.91 Å². The molecule has 0 aliphatic carbocycles. The van der Waals surface area contributed by atoms with Gasteiger partial charge in [0.1, 0.15) is 12.4 Å². The van der Waals surface area contributed by atoms with Crippen molar-refractivity contribution in [2.45, 2.75) is 6.42 Å². The monoisotopic (exact) mass is 308 g/mol. The third-order valence-corrected chi connectivity index (χ3v) is 3.81. The summed E-state index contributed by atoms with van der Waals surface area (Å²) in [5.41, 5.74) is 0.272. The summed E-state index contributed by atoms with van der Waals surface area (Å²) in [5, 5.41) is 6.19. The van der Waals surface area contributed by atoms with Crippen LogP contribution in [0.15, 0.2) is 24.3 Å². The summed E-state index contributed by atoms with van der Waals surface area (Å²) in [4.78, 5) is 12.5. The molecule has 6 heteroatoms. The first-order valence-corrected chi connectivity index (χ1v) is 7.43. The lowest BCUT2D eigenvalue weighted by Crippen LogP contribution is -2.41. The van der Waals surface area contributed by atoms with Gasteiger partial charge in [0.05, 0.1) is 18.6 Å². The Kier molecular flexibility index (Phi) is 6.18. The van der Waals surface area contributed by atoms with Crippen molar-refractivity contribution in [3.8, 4) is 5.75 Å². The lowest BCUT2D eigenvalue weighted by atomic mass is 9.87. The molecule has 1 aromatic rings. The van der Waals surface area contributed by atoms with E-state index >= 15 is 0 Å². The fourth-order valence-electron chi connectivity index (χ4n) is 2.54. The van der Waals surface area contributed by atoms with Gasteiger partial charge < -0.3 is 24.8 Å². The number of carbonyl (C=O) groups is 1. The zero-order valence-corrected chi connectivity index (χ0v) is 13.2. The Morgan fingerprint density at radius 2 is 2.00 bits per heavy atom. The quantitative estimate of drug-likeness (QED) is 0.708. The number of methoxy groups -OCH3 is 2. The Morgan fingerprint density at radius 3 is 2.59 bits per heavy atom. The van der Waals surface area contributed by atoms with Crippen molar-refractivity contribution in [1.82, 2.24) is 5.32 Å². The van der Waals surface area contributed by atoms with Crippen LogP contribution in [0.4, 0.5) is 5.69 Å². The molecule has 0 spiro atoms. The first-order valence-electron chi connectivity index (χ1n) is 7.43. The molecule has 1 heterocycles. The molecule has 1 unspecified atom stereocenters. The molecule has 1 atom stereocenters. The molecule has 1 aromatic carbocycles. The molecule has 1 saturated heterocycles. The van der Waals surface area contributed by atoms with Crippen molar-refractivity contribution < 1.29 is 19.0 Å². The zero-order valence-electron chi connectivity index (χ0n) is 13.2. The van der Waals surface area contributed by atoms with Gasteiger partial charge in [-0.15, -0.1) is 0 Å². The van der Waals surface area contributed by atoms with Crippen LogP contribution in [0.1, 0.15) is 6.42 Å². The topological polar surface area (TPSA) is 68.8 Å². The van der Waals surface area contributed by atoms with E-state index in [1.165, 1.54) is 0 Å². The Morgan fingerprint density at radius 1 is 1.23 bits per heavy atom. The SMILES string of the molecule is COCCOc1ccc(NC(=O)C2(COC)CCNC2)cc1. The van der Waals surface area contributed by atoms with E-state index in [0.717, 1.165) is 24.4 Å². The number of rotatable bonds is 8. The molecule has 0 aromatic heterocycles. The minimum absolute atomic E-state index is 0.00704. The number of nitrogens with one attached hydrogen (secondary N) is 2. The van der Waals surface area contributed by atoms with E-state index in [9.17, 15) is 4.79 Å². The summed E-state index contributed by atoms with van der Waals surface area (Å²) in [6.45, 7) is 2.95. The first kappa shape index (κ1) is 16.7. The number of ether oxygens (including phenoxy) is 3. The molecule has 6 nitrogen and oxygen atoms in total. The highest BCUT2D eigenvalue weighted by molar-refractivity contribution is 5.96. The molecule has 1 aliphatic rings. The van der Waals surface area contributed by atoms with Crippen LogP contribution in [0.25, 0.3) is 0 Å². The van der Waals surface area contributed by atoms with Crippen molar-refractivity contribution in [3.63, 3.8) is 0 Å². The Bertz CT molecular complexity index is 470. The van der Waals surface area contributed by atoms with Crippen LogP contribution in [0, 0.1) is 5.41 Å². The molecule has 1 aliphatic heterocycles. The maximum atomic E-state index is 12.5. The molecule has 0 saturated carbocycles. The highest BCUT2D eigenvalue weighted by Gasteiger charge is 2.41. The highest BCUT2D eigenvalue weighted by Crippen LogP contribution is 2.28. The second kappa shape index (κ2) is 8.12. The van der Waals surface area contributed by atoms with Crippen LogP contribution in [-0.2, 0) is 14.3 Å². The van der Waals surface area contributed by atoms with Crippen LogP contribution in [0.3, 0.4) is 0 Å². The smallest absolute Gasteiger partial charge is 0.234 e. The zero-order chi connectivity index (χ0) is 15.8. The first-order chi connectivity index (χ1) is 10.7. The van der Waals surface area contributed by atoms with Gasteiger partial charge in [-0.3, -0.25) is 4.79 Å². The Balaban J connectivity index is 1.93. The van der Waals surface area contributed by atoms with Gasteiger partial charge in [0.25, 0.3) is 0 Å². The molecule has 0 radical (unpaired) electrons. The number of benzene rings is 1. The molecule has 0 bridgehead atoms. The van der Waals surface area contributed by atoms with E-state index < -0.39 is 5.41 Å². The van der Waals surface area contributed by atoms with E-state index in [0.29, 0.717) is 26.4 Å². The molecule has 22 heavy (non-hydrogen) atoms. The summed E-state index contributed by atoms with van der Waals surface area (Å²) in [6.07, 6.45) is 0.783. The van der Waals surface area contributed by atoms with E-state index in [1.54, 1.807) is 14.2 Å². The molecule has 2 N–H and O–H groups in total. The van der Waals surface area contributed by atoms with Gasteiger partial charge in [-0.1, -0.05) is 0 Å². The standard InChI is InChI=1S/C16H24N2O4/c1-20-9-10-22-14-5-3-13(4-6-14)18-15(19)16(12-21-2)7-8-17-11-16/h3-6,17H,7-12H2,1-2H3,(H,18,19). The third kappa shape index (κ3) is 4.19. The summed E-state index contributed by atoms with van der Waals surface area (Å²) in [6, 6.07) is 7.34. The maximum Gasteiger partial charge on any atom is 0.234 e. The Hall–Kier alpha value is -1.63. The normalized spacial score (nSPS) is 20.8. The van der Waals surface area contributed by atoms with Crippen molar-refractivity contribution in [3.05, 3.63) is 24.3 Å². The van der Waals surface area contributed by atoms with E-state index in [2.05, 4.69) is 10.6 Å². The van der Waals surface area contributed by atoms with Crippen LogP contribution in [0.2, 0.25) is 0 Å². The largest absolute Gasteiger partial charge is 0.491 e. The molecule has 1 amide bonds. The average Bonchev–Trinajstić information content (AvgIpc) is 3.00. The van der Waals surface area contributed by atoms with Crippen LogP contribution in [0.5, 0.6) is 5.75 Å². The summed E-state index contributed by atoms with van der Waals surface area (Å²) in [7, 11) is 3.26. The lowest BCUT2D eigenvalue weighted by molar-refractivity contribution is -0.127. The minimum atomic E-state index is -0.484. The lowest BCUT2D eigenvalue weighted by Gasteiger charge is -2.26. The van der Waals surface area contributed by atoms with Gasteiger partial charge in [0.15, 0.2) is 0 Å². The molecule has 122 valence electrons. The van der Waals surface area contributed by atoms with E-state index in [1.807, 2.05) is 24.3 Å². The van der Waals surface area contributed by atoms with Gasteiger partial charge in [0.2, 0.25) is 5.91 Å². The molecule has 2 rings (SSSR count). The van der Waals surface area contributed by atoms with Crippen LogP contribution < -0.4 is 15.4 Å². The molecular formula is C16H24N2O4. The minimum Gasteiger partial charge on any atom is -0.491 e. The molecule has 1 fully saturated rings. The van der Waals surface area contributed by atoms with Gasteiger partial charge >= 0.3 is 0 Å². The molecular weight excluding hydrogens is 284 g/mol. The van der Waals surface area contributed by atoms with Crippen LogP contribution in [-0.4, -0.2) is 53.0 Å². The van der Waals surface area contributed by atoms with Gasteiger partial charge in [-0.2, -0.15) is 0 Å². The average molecular weight is 308 g/mol. The van der Waals surface area contributed by atoms with Gasteiger partial charge in [-0.25, -0.2) is 0 Å². The second-order valence-corrected chi connectivity index (χ2v) is 5.46.